The quantitative estimate of drug-likeness (QED) is 0.513. The second-order valence-electron chi connectivity index (χ2n) is 7.89. The molecule has 1 amide bonds. The fourth-order valence-corrected chi connectivity index (χ4v) is 3.80. The number of carbonyl (C=O) groups is 1. The standard InChI is InChI=1S/C21H19F5N4O2/c1-30(13-6-12(7-13)21(24,25)26)18-8-14(22)11(4-15(18)23)9-27-19(31)10-2-3-16-17(5-10)29-20(32)28-16/h2-5,8,12-13H,6-7,9H2,1H3,(H,27,31)(H2,28,29,32)/t12-,13+. The SMILES string of the molecule is CN(c1cc(F)c(CNC(=O)c2ccc3[nH]c(=O)[nH]c3c2)cc1F)[C@H]1C[C@@H](C(F)(F)F)C1. The second kappa shape index (κ2) is 7.95. The summed E-state index contributed by atoms with van der Waals surface area (Å²) in [5, 5.41) is 2.48. The van der Waals surface area contributed by atoms with Crippen LogP contribution in [0.15, 0.2) is 35.1 Å². The van der Waals surface area contributed by atoms with E-state index in [1.54, 1.807) is 0 Å². The summed E-state index contributed by atoms with van der Waals surface area (Å²) >= 11 is 0. The van der Waals surface area contributed by atoms with Crippen molar-refractivity contribution < 1.29 is 26.7 Å². The van der Waals surface area contributed by atoms with Gasteiger partial charge in [-0.2, -0.15) is 13.2 Å². The van der Waals surface area contributed by atoms with Crippen LogP contribution in [0.2, 0.25) is 0 Å². The molecular formula is C21H19F5N4O2. The van der Waals surface area contributed by atoms with Crippen molar-refractivity contribution in [3.63, 3.8) is 0 Å². The highest BCUT2D eigenvalue weighted by Crippen LogP contribution is 2.44. The van der Waals surface area contributed by atoms with Gasteiger partial charge in [-0.15, -0.1) is 0 Å². The molecule has 3 N–H and O–H groups in total. The molecule has 6 nitrogen and oxygen atoms in total. The third-order valence-electron chi connectivity index (χ3n) is 5.84. The minimum atomic E-state index is -4.29. The maximum atomic E-state index is 14.6. The molecule has 0 radical (unpaired) electrons. The number of anilines is 1. The summed E-state index contributed by atoms with van der Waals surface area (Å²) in [6.45, 7) is -0.299. The Morgan fingerprint density at radius 3 is 2.47 bits per heavy atom. The van der Waals surface area contributed by atoms with E-state index >= 15 is 0 Å². The van der Waals surface area contributed by atoms with Gasteiger partial charge in [0.1, 0.15) is 11.6 Å². The molecule has 0 aliphatic heterocycles. The van der Waals surface area contributed by atoms with Crippen LogP contribution in [-0.4, -0.2) is 35.1 Å². The number of aromatic nitrogens is 2. The third-order valence-corrected chi connectivity index (χ3v) is 5.84. The van der Waals surface area contributed by atoms with E-state index in [9.17, 15) is 31.5 Å². The Labute approximate surface area is 178 Å². The van der Waals surface area contributed by atoms with Gasteiger partial charge in [-0.3, -0.25) is 4.79 Å². The average Bonchev–Trinajstić information content (AvgIpc) is 3.04. The number of alkyl halides is 3. The highest BCUT2D eigenvalue weighted by Gasteiger charge is 2.49. The van der Waals surface area contributed by atoms with E-state index < -0.39 is 41.4 Å². The second-order valence-corrected chi connectivity index (χ2v) is 7.89. The predicted molar refractivity (Wildman–Crippen MR) is 107 cm³/mol. The average molecular weight is 454 g/mol. The Morgan fingerprint density at radius 2 is 1.78 bits per heavy atom. The van der Waals surface area contributed by atoms with Gasteiger partial charge >= 0.3 is 11.9 Å². The van der Waals surface area contributed by atoms with Crippen LogP contribution < -0.4 is 15.9 Å². The number of fused-ring (bicyclic) bond motifs is 1. The number of benzene rings is 2. The lowest BCUT2D eigenvalue weighted by Crippen LogP contribution is -2.48. The summed E-state index contributed by atoms with van der Waals surface area (Å²) in [7, 11) is 1.43. The zero-order valence-corrected chi connectivity index (χ0v) is 16.8. The molecule has 0 unspecified atom stereocenters. The first-order chi connectivity index (χ1) is 15.0. The van der Waals surface area contributed by atoms with E-state index in [1.807, 2.05) is 0 Å². The van der Waals surface area contributed by atoms with Gasteiger partial charge in [-0.25, -0.2) is 13.6 Å². The first-order valence-electron chi connectivity index (χ1n) is 9.80. The van der Waals surface area contributed by atoms with Crippen LogP contribution in [0.5, 0.6) is 0 Å². The number of halogens is 5. The number of nitrogens with zero attached hydrogens (tertiary/aromatic N) is 1. The lowest BCUT2D eigenvalue weighted by molar-refractivity contribution is -0.196. The van der Waals surface area contributed by atoms with Gasteiger partial charge in [-0.05, 0) is 37.1 Å². The molecule has 1 fully saturated rings. The van der Waals surface area contributed by atoms with Crippen LogP contribution in [0.1, 0.15) is 28.8 Å². The normalized spacial score (nSPS) is 18.4. The van der Waals surface area contributed by atoms with E-state index in [4.69, 9.17) is 0 Å². The van der Waals surface area contributed by atoms with E-state index in [1.165, 1.54) is 30.1 Å². The number of hydrogen-bond donors (Lipinski definition) is 3. The molecule has 1 aliphatic rings. The molecule has 32 heavy (non-hydrogen) atoms. The summed E-state index contributed by atoms with van der Waals surface area (Å²) in [6.07, 6.45) is -4.63. The number of amides is 1. The summed E-state index contributed by atoms with van der Waals surface area (Å²) in [6, 6.07) is 5.78. The lowest BCUT2D eigenvalue weighted by Gasteiger charge is -2.43. The zero-order chi connectivity index (χ0) is 23.2. The molecule has 3 aromatic rings. The van der Waals surface area contributed by atoms with E-state index in [-0.39, 0.29) is 36.2 Å². The fraction of sp³-hybridized carbons (Fsp3) is 0.333. The molecule has 4 rings (SSSR count). The number of aromatic amines is 2. The maximum absolute atomic E-state index is 14.6. The molecule has 2 aromatic carbocycles. The van der Waals surface area contributed by atoms with Gasteiger partial charge in [0, 0.05) is 36.8 Å². The molecule has 1 heterocycles. The van der Waals surface area contributed by atoms with Crippen LogP contribution >= 0.6 is 0 Å². The van der Waals surface area contributed by atoms with E-state index in [0.29, 0.717) is 11.0 Å². The van der Waals surface area contributed by atoms with Crippen molar-refractivity contribution in [2.24, 2.45) is 5.92 Å². The van der Waals surface area contributed by atoms with Crippen molar-refractivity contribution in [3.8, 4) is 0 Å². The predicted octanol–water partition coefficient (Wildman–Crippen LogP) is 3.84. The number of carbonyl (C=O) groups excluding carboxylic acids is 1. The maximum Gasteiger partial charge on any atom is 0.391 e. The van der Waals surface area contributed by atoms with Crippen molar-refractivity contribution in [2.45, 2.75) is 31.6 Å². The number of H-pyrrole nitrogens is 2. The Hall–Kier alpha value is -3.37. The van der Waals surface area contributed by atoms with Crippen molar-refractivity contribution in [3.05, 3.63) is 63.6 Å². The Balaban J connectivity index is 1.42. The molecule has 170 valence electrons. The van der Waals surface area contributed by atoms with E-state index in [2.05, 4.69) is 15.3 Å². The lowest BCUT2D eigenvalue weighted by atomic mass is 9.79. The topological polar surface area (TPSA) is 81.0 Å². The van der Waals surface area contributed by atoms with Crippen LogP contribution in [0.4, 0.5) is 27.6 Å². The monoisotopic (exact) mass is 454 g/mol. The first-order valence-corrected chi connectivity index (χ1v) is 9.80. The minimum absolute atomic E-state index is 0.106. The van der Waals surface area contributed by atoms with Crippen LogP contribution in [-0.2, 0) is 6.54 Å². The van der Waals surface area contributed by atoms with E-state index in [0.717, 1.165) is 12.1 Å². The van der Waals surface area contributed by atoms with Gasteiger partial charge in [0.05, 0.1) is 22.6 Å². The number of nitrogens with one attached hydrogen (secondary N) is 3. The van der Waals surface area contributed by atoms with Gasteiger partial charge in [0.25, 0.3) is 5.91 Å². The molecule has 1 saturated carbocycles. The molecular weight excluding hydrogens is 435 g/mol. The van der Waals surface area contributed by atoms with Gasteiger partial charge < -0.3 is 20.2 Å². The van der Waals surface area contributed by atoms with Crippen molar-refractivity contribution in [2.75, 3.05) is 11.9 Å². The molecule has 0 bridgehead atoms. The van der Waals surface area contributed by atoms with Crippen LogP contribution in [0, 0.1) is 17.6 Å². The minimum Gasteiger partial charge on any atom is -0.369 e. The molecule has 0 saturated heterocycles. The fourth-order valence-electron chi connectivity index (χ4n) is 3.80. The Morgan fingerprint density at radius 1 is 1.09 bits per heavy atom. The third kappa shape index (κ3) is 4.19. The highest BCUT2D eigenvalue weighted by molar-refractivity contribution is 5.97. The van der Waals surface area contributed by atoms with Crippen molar-refractivity contribution in [1.29, 1.82) is 0 Å². The van der Waals surface area contributed by atoms with Gasteiger partial charge in [0.15, 0.2) is 0 Å². The number of imidazole rings is 1. The smallest absolute Gasteiger partial charge is 0.369 e. The van der Waals surface area contributed by atoms with Crippen molar-refractivity contribution >= 4 is 22.6 Å². The zero-order valence-electron chi connectivity index (χ0n) is 16.8. The van der Waals surface area contributed by atoms with Gasteiger partial charge in [0.2, 0.25) is 0 Å². The van der Waals surface area contributed by atoms with Crippen LogP contribution in [0.25, 0.3) is 11.0 Å². The molecule has 1 aromatic heterocycles. The Bertz CT molecular complexity index is 1230. The molecule has 0 spiro atoms. The summed E-state index contributed by atoms with van der Waals surface area (Å²) in [4.78, 5) is 30.0. The molecule has 1 aliphatic carbocycles. The summed E-state index contributed by atoms with van der Waals surface area (Å²) < 4.78 is 67.2. The highest BCUT2D eigenvalue weighted by atomic mass is 19.4. The number of rotatable bonds is 5. The molecule has 0 atom stereocenters. The number of hydrogen-bond acceptors (Lipinski definition) is 3. The van der Waals surface area contributed by atoms with Gasteiger partial charge in [-0.1, -0.05) is 0 Å². The molecule has 11 heteroatoms. The summed E-state index contributed by atoms with van der Waals surface area (Å²) in [5.74, 6) is -3.56. The summed E-state index contributed by atoms with van der Waals surface area (Å²) in [5.41, 5.74) is 0.504. The van der Waals surface area contributed by atoms with Crippen LogP contribution in [0.3, 0.4) is 0 Å². The first kappa shape index (κ1) is 21.8. The van der Waals surface area contributed by atoms with Crippen molar-refractivity contribution in [1.82, 2.24) is 15.3 Å². The largest absolute Gasteiger partial charge is 0.391 e. The Kier molecular flexibility index (Phi) is 5.43.